The highest BCUT2D eigenvalue weighted by molar-refractivity contribution is 6.36. The fraction of sp³-hybridized carbons (Fsp3) is 0.154. The van der Waals surface area contributed by atoms with Crippen molar-refractivity contribution in [3.05, 3.63) is 47.0 Å². The summed E-state index contributed by atoms with van der Waals surface area (Å²) in [5.74, 6) is -7.73. The fourth-order valence-corrected chi connectivity index (χ4v) is 1.99. The maximum Gasteiger partial charge on any atom is 0.461 e. The average molecular weight is 309 g/mol. The molecule has 2 aromatic rings. The lowest BCUT2D eigenvalue weighted by molar-refractivity contribution is -0.255. The Bertz CT molecular complexity index is 678. The van der Waals surface area contributed by atoms with E-state index in [4.69, 9.17) is 11.6 Å². The summed E-state index contributed by atoms with van der Waals surface area (Å²) in [6, 6.07) is 7.63. The van der Waals surface area contributed by atoms with E-state index >= 15 is 0 Å². The van der Waals surface area contributed by atoms with E-state index in [2.05, 4.69) is 0 Å². The SMILES string of the molecule is O=C(c1ccc(Cl)c2ccccc12)C(F)(F)C(F)(F)F. The molecule has 0 N–H and O–H groups in total. The van der Waals surface area contributed by atoms with Crippen molar-refractivity contribution in [2.75, 3.05) is 0 Å². The highest BCUT2D eigenvalue weighted by Crippen LogP contribution is 2.39. The second-order valence-corrected chi connectivity index (χ2v) is 4.45. The quantitative estimate of drug-likeness (QED) is 0.571. The van der Waals surface area contributed by atoms with Crippen LogP contribution >= 0.6 is 11.6 Å². The summed E-state index contributed by atoms with van der Waals surface area (Å²) >= 11 is 5.82. The number of fused-ring (bicyclic) bond motifs is 1. The minimum atomic E-state index is -5.94. The normalized spacial score (nSPS) is 12.7. The lowest BCUT2D eigenvalue weighted by atomic mass is 9.98. The molecule has 0 amide bonds. The molecule has 0 fully saturated rings. The maximum absolute atomic E-state index is 13.1. The number of hydrogen-bond acceptors (Lipinski definition) is 1. The molecule has 7 heteroatoms. The van der Waals surface area contributed by atoms with Crippen LogP contribution in [0.25, 0.3) is 10.8 Å². The molecular weight excluding hydrogens is 303 g/mol. The summed E-state index contributed by atoms with van der Waals surface area (Å²) in [6.45, 7) is 0. The Labute approximate surface area is 115 Å². The van der Waals surface area contributed by atoms with Gasteiger partial charge in [-0.1, -0.05) is 35.9 Å². The Morgan fingerprint density at radius 2 is 1.45 bits per heavy atom. The minimum Gasteiger partial charge on any atom is -0.287 e. The second-order valence-electron chi connectivity index (χ2n) is 4.04. The van der Waals surface area contributed by atoms with E-state index in [9.17, 15) is 26.7 Å². The van der Waals surface area contributed by atoms with Crippen molar-refractivity contribution in [1.29, 1.82) is 0 Å². The Kier molecular flexibility index (Phi) is 3.46. The van der Waals surface area contributed by atoms with E-state index in [-0.39, 0.29) is 15.8 Å². The van der Waals surface area contributed by atoms with E-state index < -0.39 is 23.4 Å². The molecule has 20 heavy (non-hydrogen) atoms. The van der Waals surface area contributed by atoms with Crippen LogP contribution in [0.3, 0.4) is 0 Å². The van der Waals surface area contributed by atoms with Gasteiger partial charge >= 0.3 is 12.1 Å². The summed E-state index contributed by atoms with van der Waals surface area (Å²) in [5, 5.41) is 0.347. The monoisotopic (exact) mass is 308 g/mol. The number of halogens is 6. The molecule has 0 radical (unpaired) electrons. The van der Waals surface area contributed by atoms with Crippen molar-refractivity contribution in [2.45, 2.75) is 12.1 Å². The third kappa shape index (κ3) is 2.24. The molecule has 0 aromatic heterocycles. The van der Waals surface area contributed by atoms with Gasteiger partial charge in [0.05, 0.1) is 0 Å². The number of carbonyl (C=O) groups is 1. The van der Waals surface area contributed by atoms with Gasteiger partial charge in [0.2, 0.25) is 5.78 Å². The van der Waals surface area contributed by atoms with Gasteiger partial charge < -0.3 is 0 Å². The summed E-state index contributed by atoms with van der Waals surface area (Å²) in [5.41, 5.74) is -0.715. The molecule has 106 valence electrons. The summed E-state index contributed by atoms with van der Waals surface area (Å²) < 4.78 is 63.0. The Hall–Kier alpha value is -1.69. The lowest BCUT2D eigenvalue weighted by Gasteiger charge is -2.19. The molecular formula is C13H6ClF5O. The van der Waals surface area contributed by atoms with Gasteiger partial charge in [-0.25, -0.2) is 0 Å². The van der Waals surface area contributed by atoms with Gasteiger partial charge in [-0.05, 0) is 17.5 Å². The molecule has 0 unspecified atom stereocenters. The largest absolute Gasteiger partial charge is 0.461 e. The number of hydrogen-bond donors (Lipinski definition) is 0. The standard InChI is InChI=1S/C13H6ClF5O/c14-10-6-5-9(7-3-1-2-4-8(7)10)11(20)12(15,16)13(17,18)19/h1-6H. The zero-order chi connectivity index (χ0) is 15.1. The average Bonchev–Trinajstić information content (AvgIpc) is 2.37. The van der Waals surface area contributed by atoms with Crippen molar-refractivity contribution < 1.29 is 26.7 Å². The summed E-state index contributed by atoms with van der Waals surface area (Å²) in [4.78, 5) is 11.5. The number of carbonyl (C=O) groups excluding carboxylic acids is 1. The van der Waals surface area contributed by atoms with Gasteiger partial charge in [0.25, 0.3) is 0 Å². The molecule has 0 atom stereocenters. The molecule has 0 spiro atoms. The van der Waals surface area contributed by atoms with Crippen molar-refractivity contribution in [3.63, 3.8) is 0 Å². The maximum atomic E-state index is 13.1. The Morgan fingerprint density at radius 3 is 2.00 bits per heavy atom. The van der Waals surface area contributed by atoms with Crippen molar-refractivity contribution in [3.8, 4) is 0 Å². The first-order valence-electron chi connectivity index (χ1n) is 5.33. The van der Waals surface area contributed by atoms with Gasteiger partial charge in [-0.3, -0.25) is 4.79 Å². The van der Waals surface area contributed by atoms with E-state index in [1.165, 1.54) is 24.3 Å². The molecule has 0 saturated heterocycles. The van der Waals surface area contributed by atoms with E-state index in [0.29, 0.717) is 0 Å². The van der Waals surface area contributed by atoms with Crippen LogP contribution in [0.5, 0.6) is 0 Å². The van der Waals surface area contributed by atoms with Crippen molar-refractivity contribution in [1.82, 2.24) is 0 Å². The molecule has 1 nitrogen and oxygen atoms in total. The first-order valence-corrected chi connectivity index (χ1v) is 5.70. The smallest absolute Gasteiger partial charge is 0.287 e. The highest BCUT2D eigenvalue weighted by Gasteiger charge is 2.63. The molecule has 2 rings (SSSR count). The molecule has 0 bridgehead atoms. The minimum absolute atomic E-state index is 0.0473. The van der Waals surface area contributed by atoms with E-state index in [1.807, 2.05) is 0 Å². The Morgan fingerprint density at radius 1 is 0.900 bits per heavy atom. The first kappa shape index (κ1) is 14.7. The van der Waals surface area contributed by atoms with Crippen LogP contribution in [0.15, 0.2) is 36.4 Å². The van der Waals surface area contributed by atoms with Gasteiger partial charge in [-0.2, -0.15) is 22.0 Å². The van der Waals surface area contributed by atoms with Crippen LogP contribution in [0.2, 0.25) is 5.02 Å². The molecule has 0 heterocycles. The summed E-state index contributed by atoms with van der Waals surface area (Å²) in [7, 11) is 0. The summed E-state index contributed by atoms with van der Waals surface area (Å²) in [6.07, 6.45) is -5.94. The number of Topliss-reactive ketones (excluding diaryl/α,β-unsaturated/α-hetero) is 1. The lowest BCUT2D eigenvalue weighted by Crippen LogP contribution is -2.44. The molecule has 0 aliphatic rings. The fourth-order valence-electron chi connectivity index (χ4n) is 1.76. The number of alkyl halides is 5. The van der Waals surface area contributed by atoms with Crippen molar-refractivity contribution >= 4 is 28.2 Å². The number of benzene rings is 2. The highest BCUT2D eigenvalue weighted by atomic mass is 35.5. The van der Waals surface area contributed by atoms with E-state index in [1.54, 1.807) is 0 Å². The molecule has 2 aromatic carbocycles. The molecule has 0 aliphatic carbocycles. The third-order valence-electron chi connectivity index (χ3n) is 2.76. The topological polar surface area (TPSA) is 17.1 Å². The molecule has 0 saturated carbocycles. The van der Waals surface area contributed by atoms with Crippen LogP contribution in [0.1, 0.15) is 10.4 Å². The van der Waals surface area contributed by atoms with Crippen LogP contribution in [0, 0.1) is 0 Å². The van der Waals surface area contributed by atoms with Crippen LogP contribution in [0.4, 0.5) is 22.0 Å². The van der Waals surface area contributed by atoms with Gasteiger partial charge in [-0.15, -0.1) is 0 Å². The predicted octanol–water partition coefficient (Wildman–Crippen LogP) is 4.87. The van der Waals surface area contributed by atoms with Gasteiger partial charge in [0.15, 0.2) is 0 Å². The van der Waals surface area contributed by atoms with Crippen LogP contribution < -0.4 is 0 Å². The number of rotatable bonds is 2. The number of ketones is 1. The van der Waals surface area contributed by atoms with E-state index in [0.717, 1.165) is 12.1 Å². The predicted molar refractivity (Wildman–Crippen MR) is 64.3 cm³/mol. The van der Waals surface area contributed by atoms with Gasteiger partial charge in [0.1, 0.15) is 0 Å². The second kappa shape index (κ2) is 4.70. The first-order chi connectivity index (χ1) is 9.16. The zero-order valence-electron chi connectivity index (χ0n) is 9.64. The third-order valence-corrected chi connectivity index (χ3v) is 3.09. The zero-order valence-corrected chi connectivity index (χ0v) is 10.4. The van der Waals surface area contributed by atoms with Crippen LogP contribution in [-0.4, -0.2) is 17.9 Å². The van der Waals surface area contributed by atoms with Gasteiger partial charge in [0, 0.05) is 16.0 Å². The molecule has 0 aliphatic heterocycles. The van der Waals surface area contributed by atoms with Crippen molar-refractivity contribution in [2.24, 2.45) is 0 Å². The van der Waals surface area contributed by atoms with Crippen LogP contribution in [-0.2, 0) is 0 Å². The Balaban J connectivity index is 2.66.